The fourth-order valence-corrected chi connectivity index (χ4v) is 2.63. The van der Waals surface area contributed by atoms with E-state index in [9.17, 15) is 0 Å². The lowest BCUT2D eigenvalue weighted by molar-refractivity contribution is 0.255. The van der Waals surface area contributed by atoms with Crippen LogP contribution in [0, 0.1) is 17.3 Å². The third-order valence-corrected chi connectivity index (χ3v) is 4.47. The Balaban J connectivity index is 1.80. The van der Waals surface area contributed by atoms with Gasteiger partial charge in [-0.15, -0.1) is 0 Å². The second-order valence-corrected chi connectivity index (χ2v) is 6.34. The first-order valence-electron chi connectivity index (χ1n) is 5.64. The Morgan fingerprint density at radius 2 is 1.80 bits per heavy atom. The van der Waals surface area contributed by atoms with Crippen LogP contribution in [0.15, 0.2) is 0 Å². The fourth-order valence-electron chi connectivity index (χ4n) is 2.00. The van der Waals surface area contributed by atoms with E-state index >= 15 is 0 Å². The molecule has 2 aliphatic rings. The van der Waals surface area contributed by atoms with Crippen molar-refractivity contribution in [3.05, 3.63) is 0 Å². The van der Waals surface area contributed by atoms with Crippen molar-refractivity contribution >= 4 is 23.2 Å². The molecule has 1 saturated heterocycles. The number of likely N-dealkylation sites (tertiary alicyclic amines) is 1. The van der Waals surface area contributed by atoms with Gasteiger partial charge in [-0.1, -0.05) is 41.5 Å². The molecular weight excluding hydrogens is 229 g/mol. The normalized spacial score (nSPS) is 34.3. The summed E-state index contributed by atoms with van der Waals surface area (Å²) in [5.74, 6) is 6.44. The van der Waals surface area contributed by atoms with E-state index in [1.54, 1.807) is 0 Å². The third-order valence-electron chi connectivity index (χ3n) is 3.37. The summed E-state index contributed by atoms with van der Waals surface area (Å²) in [4.78, 5) is 2.41. The number of rotatable bonds is 1. The van der Waals surface area contributed by atoms with Crippen molar-refractivity contribution in [1.82, 2.24) is 4.90 Å². The summed E-state index contributed by atoms with van der Waals surface area (Å²) in [6, 6.07) is 0. The quantitative estimate of drug-likeness (QED) is 0.507. The fraction of sp³-hybridized carbons (Fsp3) is 0.833. The predicted molar refractivity (Wildman–Crippen MR) is 65.2 cm³/mol. The van der Waals surface area contributed by atoms with Crippen LogP contribution in [0.1, 0.15) is 32.6 Å². The molecule has 1 atom stereocenters. The van der Waals surface area contributed by atoms with Crippen molar-refractivity contribution in [2.45, 2.75) is 36.9 Å². The standard InChI is InChI=1S/C12H17Cl2N/c1-11(10-12(11,13)14)6-5-9-15-7-3-2-4-8-15/h2-4,7-10H2,1H3/t11-/m1/s1. The van der Waals surface area contributed by atoms with Gasteiger partial charge >= 0.3 is 0 Å². The summed E-state index contributed by atoms with van der Waals surface area (Å²) in [5.41, 5.74) is -0.161. The molecule has 0 unspecified atom stereocenters. The van der Waals surface area contributed by atoms with Gasteiger partial charge in [0.1, 0.15) is 4.33 Å². The van der Waals surface area contributed by atoms with Crippen molar-refractivity contribution in [1.29, 1.82) is 0 Å². The molecule has 1 aliphatic heterocycles. The summed E-state index contributed by atoms with van der Waals surface area (Å²) in [7, 11) is 0. The van der Waals surface area contributed by atoms with Crippen LogP contribution in [0.5, 0.6) is 0 Å². The van der Waals surface area contributed by atoms with Crippen molar-refractivity contribution in [3.8, 4) is 11.8 Å². The highest BCUT2D eigenvalue weighted by molar-refractivity contribution is 6.51. The van der Waals surface area contributed by atoms with Crippen LogP contribution in [0.4, 0.5) is 0 Å². The highest BCUT2D eigenvalue weighted by atomic mass is 35.5. The molecule has 0 aromatic rings. The van der Waals surface area contributed by atoms with E-state index in [0.717, 1.165) is 13.0 Å². The second kappa shape index (κ2) is 4.17. The molecule has 0 amide bonds. The van der Waals surface area contributed by atoms with Crippen molar-refractivity contribution < 1.29 is 0 Å². The summed E-state index contributed by atoms with van der Waals surface area (Å²) in [6.07, 6.45) is 4.80. The van der Waals surface area contributed by atoms with Crippen LogP contribution < -0.4 is 0 Å². The molecule has 0 radical (unpaired) electrons. The largest absolute Gasteiger partial charge is 0.292 e. The average molecular weight is 246 g/mol. The van der Waals surface area contributed by atoms with E-state index < -0.39 is 4.33 Å². The number of piperidine rings is 1. The van der Waals surface area contributed by atoms with Crippen LogP contribution in [0.2, 0.25) is 0 Å². The minimum atomic E-state index is -0.595. The molecule has 2 rings (SSSR count). The first kappa shape index (κ1) is 11.6. The molecule has 1 aliphatic carbocycles. The zero-order valence-corrected chi connectivity index (χ0v) is 10.7. The molecule has 1 heterocycles. The van der Waals surface area contributed by atoms with Gasteiger partial charge in [-0.05, 0) is 32.9 Å². The van der Waals surface area contributed by atoms with Crippen LogP contribution >= 0.6 is 23.2 Å². The van der Waals surface area contributed by atoms with Gasteiger partial charge in [-0.2, -0.15) is 0 Å². The Kier molecular flexibility index (Phi) is 3.22. The molecule has 84 valence electrons. The second-order valence-electron chi connectivity index (χ2n) is 4.85. The highest BCUT2D eigenvalue weighted by Gasteiger charge is 2.62. The van der Waals surface area contributed by atoms with Crippen molar-refractivity contribution in [2.75, 3.05) is 19.6 Å². The minimum Gasteiger partial charge on any atom is -0.292 e. The monoisotopic (exact) mass is 245 g/mol. The van der Waals surface area contributed by atoms with Crippen LogP contribution in [-0.2, 0) is 0 Å². The summed E-state index contributed by atoms with van der Waals surface area (Å²) in [6.45, 7) is 5.30. The molecular formula is C12H17Cl2N. The molecule has 1 saturated carbocycles. The summed E-state index contributed by atoms with van der Waals surface area (Å²) < 4.78 is -0.595. The van der Waals surface area contributed by atoms with Gasteiger partial charge in [0.05, 0.1) is 12.0 Å². The molecule has 3 heteroatoms. The smallest absolute Gasteiger partial charge is 0.136 e. The maximum absolute atomic E-state index is 6.02. The topological polar surface area (TPSA) is 3.24 Å². The third kappa shape index (κ3) is 2.61. The van der Waals surface area contributed by atoms with E-state index in [4.69, 9.17) is 23.2 Å². The summed E-state index contributed by atoms with van der Waals surface area (Å²) in [5, 5.41) is 0. The van der Waals surface area contributed by atoms with Crippen molar-refractivity contribution in [3.63, 3.8) is 0 Å². The highest BCUT2D eigenvalue weighted by Crippen LogP contribution is 2.63. The Morgan fingerprint density at radius 3 is 2.33 bits per heavy atom. The Morgan fingerprint density at radius 1 is 1.20 bits per heavy atom. The van der Waals surface area contributed by atoms with E-state index in [0.29, 0.717) is 0 Å². The zero-order valence-electron chi connectivity index (χ0n) is 9.15. The first-order chi connectivity index (χ1) is 7.04. The SMILES string of the molecule is C[C@@]1(C#CCN2CCCCC2)CC1(Cl)Cl. The first-order valence-corrected chi connectivity index (χ1v) is 6.39. The average Bonchev–Trinajstić information content (AvgIpc) is 2.67. The van der Waals surface area contributed by atoms with Gasteiger partial charge in [0, 0.05) is 6.42 Å². The number of hydrogen-bond donors (Lipinski definition) is 0. The molecule has 0 aromatic carbocycles. The van der Waals surface area contributed by atoms with Crippen LogP contribution in [0.25, 0.3) is 0 Å². The molecule has 0 aromatic heterocycles. The molecule has 2 fully saturated rings. The van der Waals surface area contributed by atoms with Gasteiger partial charge in [-0.25, -0.2) is 0 Å². The maximum atomic E-state index is 6.02. The maximum Gasteiger partial charge on any atom is 0.136 e. The molecule has 0 N–H and O–H groups in total. The van der Waals surface area contributed by atoms with E-state index in [1.807, 2.05) is 6.92 Å². The lowest BCUT2D eigenvalue weighted by Crippen LogP contribution is -2.29. The van der Waals surface area contributed by atoms with Gasteiger partial charge in [0.2, 0.25) is 0 Å². The molecule has 0 bridgehead atoms. The van der Waals surface area contributed by atoms with E-state index in [2.05, 4.69) is 16.7 Å². The van der Waals surface area contributed by atoms with E-state index in [-0.39, 0.29) is 5.41 Å². The van der Waals surface area contributed by atoms with Gasteiger partial charge in [0.25, 0.3) is 0 Å². The minimum absolute atomic E-state index is 0.161. The van der Waals surface area contributed by atoms with Gasteiger partial charge in [-0.3, -0.25) is 4.90 Å². The molecule has 15 heavy (non-hydrogen) atoms. The van der Waals surface area contributed by atoms with E-state index in [1.165, 1.54) is 32.4 Å². The molecule has 0 spiro atoms. The Hall–Kier alpha value is 0.100. The van der Waals surface area contributed by atoms with Crippen LogP contribution in [-0.4, -0.2) is 28.9 Å². The number of nitrogens with zero attached hydrogens (tertiary/aromatic N) is 1. The van der Waals surface area contributed by atoms with Gasteiger partial charge in [0.15, 0.2) is 0 Å². The predicted octanol–water partition coefficient (Wildman–Crippen LogP) is 3.06. The van der Waals surface area contributed by atoms with Crippen molar-refractivity contribution in [2.24, 2.45) is 5.41 Å². The molecule has 1 nitrogen and oxygen atoms in total. The Bertz CT molecular complexity index is 296. The number of alkyl halides is 2. The lowest BCUT2D eigenvalue weighted by Gasteiger charge is -2.23. The zero-order chi connectivity index (χ0) is 10.9. The van der Waals surface area contributed by atoms with Crippen LogP contribution in [0.3, 0.4) is 0 Å². The Labute approximate surface area is 102 Å². The van der Waals surface area contributed by atoms with Gasteiger partial charge < -0.3 is 0 Å². The number of halogens is 2. The summed E-state index contributed by atoms with van der Waals surface area (Å²) >= 11 is 12.0. The number of hydrogen-bond acceptors (Lipinski definition) is 1. The lowest BCUT2D eigenvalue weighted by atomic mass is 10.1.